The van der Waals surface area contributed by atoms with Crippen molar-refractivity contribution < 1.29 is 4.74 Å². The molecule has 15 heavy (non-hydrogen) atoms. The Hall–Kier alpha value is -1.62. The number of amidine groups is 1. The first-order chi connectivity index (χ1) is 7.28. The maximum absolute atomic E-state index is 5.06. The summed E-state index contributed by atoms with van der Waals surface area (Å²) in [4.78, 5) is 4.01. The summed E-state index contributed by atoms with van der Waals surface area (Å²) >= 11 is 4.78. The summed E-state index contributed by atoms with van der Waals surface area (Å²) < 4.78 is 5.06. The van der Waals surface area contributed by atoms with Gasteiger partial charge in [0.25, 0.3) is 0 Å². The molecule has 0 aromatic heterocycles. The Kier molecular flexibility index (Phi) is 2.82. The Morgan fingerprint density at radius 2 is 1.93 bits per heavy atom. The van der Waals surface area contributed by atoms with Crippen LogP contribution in [-0.4, -0.2) is 18.1 Å². The minimum Gasteiger partial charge on any atom is -0.497 e. The molecule has 4 nitrogen and oxygen atoms in total. The molecule has 5 heteroatoms. The summed E-state index contributed by atoms with van der Waals surface area (Å²) in [6.07, 6.45) is 0.646. The largest absolute Gasteiger partial charge is 0.497 e. The standard InChI is InChI=1S/C10H9N3OS/c1-14-8-4-2-7(3-5-8)6-9-11-10(15)13-12-9/h2-5H,6H2,1H3. The number of benzene rings is 1. The van der Waals surface area contributed by atoms with E-state index in [-0.39, 0.29) is 0 Å². The van der Waals surface area contributed by atoms with Crippen molar-refractivity contribution in [1.82, 2.24) is 0 Å². The van der Waals surface area contributed by atoms with Crippen molar-refractivity contribution in [3.8, 4) is 5.75 Å². The minimum absolute atomic E-state index is 0.304. The highest BCUT2D eigenvalue weighted by Crippen LogP contribution is 2.13. The van der Waals surface area contributed by atoms with Crippen LogP contribution in [0.25, 0.3) is 0 Å². The fraction of sp³-hybridized carbons (Fsp3) is 0.200. The predicted molar refractivity (Wildman–Crippen MR) is 61.6 cm³/mol. The Morgan fingerprint density at radius 3 is 2.47 bits per heavy atom. The number of nitrogens with zero attached hydrogens (tertiary/aromatic N) is 3. The lowest BCUT2D eigenvalue weighted by Gasteiger charge is -2.01. The quantitative estimate of drug-likeness (QED) is 0.733. The molecule has 0 atom stereocenters. The number of hydrogen-bond donors (Lipinski definition) is 0. The van der Waals surface area contributed by atoms with Gasteiger partial charge in [-0.25, -0.2) is 0 Å². The number of ether oxygens (including phenoxy) is 1. The smallest absolute Gasteiger partial charge is 0.241 e. The Balaban J connectivity index is 2.08. The van der Waals surface area contributed by atoms with Crippen LogP contribution in [0.3, 0.4) is 0 Å². The van der Waals surface area contributed by atoms with Crippen LogP contribution in [0.2, 0.25) is 0 Å². The van der Waals surface area contributed by atoms with Crippen molar-refractivity contribution in [2.45, 2.75) is 6.42 Å². The number of hydrogen-bond acceptors (Lipinski definition) is 3. The molecule has 1 aromatic rings. The summed E-state index contributed by atoms with van der Waals surface area (Å²) in [6, 6.07) is 7.75. The monoisotopic (exact) mass is 219 g/mol. The molecular formula is C10H9N3OS. The fourth-order valence-corrected chi connectivity index (χ4v) is 1.40. The zero-order chi connectivity index (χ0) is 10.7. The third-order valence-electron chi connectivity index (χ3n) is 2.00. The molecule has 0 fully saturated rings. The van der Waals surface area contributed by atoms with Crippen LogP contribution in [0, 0.1) is 0 Å². The first kappa shape index (κ1) is 9.92. The van der Waals surface area contributed by atoms with E-state index in [0.717, 1.165) is 11.3 Å². The Morgan fingerprint density at radius 1 is 1.20 bits per heavy atom. The lowest BCUT2D eigenvalue weighted by Crippen LogP contribution is -1.97. The highest BCUT2D eigenvalue weighted by Gasteiger charge is 2.07. The summed E-state index contributed by atoms with van der Waals surface area (Å²) in [6.45, 7) is 0. The summed E-state index contributed by atoms with van der Waals surface area (Å²) in [5, 5.41) is 7.84. The molecule has 0 spiro atoms. The lowest BCUT2D eigenvalue weighted by molar-refractivity contribution is 0.414. The van der Waals surface area contributed by atoms with E-state index in [0.29, 0.717) is 17.4 Å². The van der Waals surface area contributed by atoms with Gasteiger partial charge in [-0.05, 0) is 29.9 Å². The molecule has 1 aromatic carbocycles. The van der Waals surface area contributed by atoms with E-state index in [9.17, 15) is 0 Å². The van der Waals surface area contributed by atoms with Crippen LogP contribution in [0.5, 0.6) is 5.75 Å². The van der Waals surface area contributed by atoms with Gasteiger partial charge < -0.3 is 4.74 Å². The molecule has 1 heterocycles. The zero-order valence-corrected chi connectivity index (χ0v) is 8.99. The van der Waals surface area contributed by atoms with Gasteiger partial charge in [0.1, 0.15) is 5.75 Å². The van der Waals surface area contributed by atoms with Gasteiger partial charge in [-0.15, -0.1) is 10.2 Å². The minimum atomic E-state index is 0.304. The van der Waals surface area contributed by atoms with Crippen LogP contribution < -0.4 is 4.74 Å². The van der Waals surface area contributed by atoms with Gasteiger partial charge in [-0.3, -0.25) is 0 Å². The van der Waals surface area contributed by atoms with Crippen LogP contribution in [0.1, 0.15) is 5.56 Å². The van der Waals surface area contributed by atoms with Crippen molar-refractivity contribution in [2.75, 3.05) is 7.11 Å². The molecule has 76 valence electrons. The van der Waals surface area contributed by atoms with Gasteiger partial charge in [0.05, 0.1) is 7.11 Å². The second kappa shape index (κ2) is 4.27. The maximum Gasteiger partial charge on any atom is 0.241 e. The normalized spacial score (nSPS) is 14.2. The van der Waals surface area contributed by atoms with Gasteiger partial charge in [0.15, 0.2) is 5.84 Å². The number of thiocarbonyl (C=S) groups is 1. The predicted octanol–water partition coefficient (Wildman–Crippen LogP) is 2.39. The highest BCUT2D eigenvalue weighted by atomic mass is 32.1. The van der Waals surface area contributed by atoms with E-state index < -0.39 is 0 Å². The van der Waals surface area contributed by atoms with Crippen molar-refractivity contribution in [2.24, 2.45) is 15.2 Å². The van der Waals surface area contributed by atoms with E-state index in [1.807, 2.05) is 24.3 Å². The van der Waals surface area contributed by atoms with Gasteiger partial charge in [-0.2, -0.15) is 4.99 Å². The third kappa shape index (κ3) is 2.44. The number of methoxy groups -OCH3 is 1. The van der Waals surface area contributed by atoms with E-state index >= 15 is 0 Å². The van der Waals surface area contributed by atoms with Crippen LogP contribution in [0.15, 0.2) is 39.5 Å². The molecule has 2 rings (SSSR count). The van der Waals surface area contributed by atoms with Crippen LogP contribution in [0.4, 0.5) is 0 Å². The Bertz CT molecular complexity index is 436. The Labute approximate surface area is 92.7 Å². The van der Waals surface area contributed by atoms with E-state index in [4.69, 9.17) is 17.0 Å². The summed E-state index contributed by atoms with van der Waals surface area (Å²) in [7, 11) is 1.64. The summed E-state index contributed by atoms with van der Waals surface area (Å²) in [5.74, 6) is 1.49. The topological polar surface area (TPSA) is 46.3 Å². The molecule has 0 bridgehead atoms. The molecule has 0 unspecified atom stereocenters. The molecule has 1 aliphatic rings. The number of rotatable bonds is 3. The van der Waals surface area contributed by atoms with E-state index in [2.05, 4.69) is 15.2 Å². The number of azo groups is 1. The first-order valence-corrected chi connectivity index (χ1v) is 4.85. The number of aliphatic imine (C=N–C) groups is 1. The van der Waals surface area contributed by atoms with Gasteiger partial charge in [-0.1, -0.05) is 12.1 Å². The lowest BCUT2D eigenvalue weighted by atomic mass is 10.1. The van der Waals surface area contributed by atoms with Gasteiger partial charge in [0.2, 0.25) is 5.11 Å². The third-order valence-corrected chi connectivity index (χ3v) is 2.17. The fourth-order valence-electron chi connectivity index (χ4n) is 1.26. The first-order valence-electron chi connectivity index (χ1n) is 4.44. The molecule has 0 radical (unpaired) electrons. The average Bonchev–Trinajstić information content (AvgIpc) is 2.65. The second-order valence-corrected chi connectivity index (χ2v) is 3.40. The van der Waals surface area contributed by atoms with Crippen molar-refractivity contribution in [3.63, 3.8) is 0 Å². The highest BCUT2D eigenvalue weighted by molar-refractivity contribution is 7.80. The average molecular weight is 219 g/mol. The van der Waals surface area contributed by atoms with E-state index in [1.54, 1.807) is 7.11 Å². The maximum atomic E-state index is 5.06. The molecule has 0 N–H and O–H groups in total. The second-order valence-electron chi connectivity index (χ2n) is 3.04. The molecule has 1 aliphatic heterocycles. The zero-order valence-electron chi connectivity index (χ0n) is 8.17. The van der Waals surface area contributed by atoms with Crippen molar-refractivity contribution >= 4 is 23.2 Å². The van der Waals surface area contributed by atoms with Crippen LogP contribution in [-0.2, 0) is 6.42 Å². The van der Waals surface area contributed by atoms with Crippen molar-refractivity contribution in [3.05, 3.63) is 29.8 Å². The van der Waals surface area contributed by atoms with Gasteiger partial charge in [0, 0.05) is 6.42 Å². The molecule has 0 saturated carbocycles. The molecule has 0 amide bonds. The van der Waals surface area contributed by atoms with Crippen LogP contribution >= 0.6 is 12.2 Å². The molecular weight excluding hydrogens is 210 g/mol. The SMILES string of the molecule is COc1ccc(CC2=NC(=S)N=N2)cc1. The summed E-state index contributed by atoms with van der Waals surface area (Å²) in [5.41, 5.74) is 1.11. The van der Waals surface area contributed by atoms with Crippen molar-refractivity contribution in [1.29, 1.82) is 0 Å². The van der Waals surface area contributed by atoms with E-state index in [1.165, 1.54) is 0 Å². The molecule has 0 saturated heterocycles. The van der Waals surface area contributed by atoms with Gasteiger partial charge >= 0.3 is 0 Å². The molecule has 0 aliphatic carbocycles.